The molecule has 140 valence electrons. The Balaban J connectivity index is 1.60. The Labute approximate surface area is 158 Å². The van der Waals surface area contributed by atoms with Gasteiger partial charge in [-0.1, -0.05) is 26.2 Å². The van der Waals surface area contributed by atoms with Gasteiger partial charge in [0.25, 0.3) is 5.56 Å². The minimum Gasteiger partial charge on any atom is -0.341 e. The van der Waals surface area contributed by atoms with Gasteiger partial charge in [-0.2, -0.15) is 0 Å². The van der Waals surface area contributed by atoms with Gasteiger partial charge in [0, 0.05) is 18.0 Å². The lowest BCUT2D eigenvalue weighted by Gasteiger charge is -2.31. The highest BCUT2D eigenvalue weighted by Gasteiger charge is 2.25. The van der Waals surface area contributed by atoms with Gasteiger partial charge in [-0.3, -0.25) is 14.2 Å². The van der Waals surface area contributed by atoms with Crippen LogP contribution in [-0.2, 0) is 24.2 Å². The Morgan fingerprint density at radius 3 is 2.85 bits per heavy atom. The van der Waals surface area contributed by atoms with Crippen molar-refractivity contribution in [2.75, 3.05) is 7.05 Å². The minimum absolute atomic E-state index is 0.0119. The fourth-order valence-corrected chi connectivity index (χ4v) is 5.75. The quantitative estimate of drug-likeness (QED) is 0.829. The summed E-state index contributed by atoms with van der Waals surface area (Å²) in [5.74, 6) is 0.682. The van der Waals surface area contributed by atoms with Crippen LogP contribution in [0.2, 0.25) is 0 Å². The molecule has 0 aromatic carbocycles. The molecular weight excluding hydrogens is 346 g/mol. The van der Waals surface area contributed by atoms with Crippen LogP contribution < -0.4 is 5.56 Å². The molecule has 0 saturated heterocycles. The van der Waals surface area contributed by atoms with Gasteiger partial charge in [0.05, 0.1) is 11.7 Å². The van der Waals surface area contributed by atoms with Gasteiger partial charge in [0.15, 0.2) is 0 Å². The monoisotopic (exact) mass is 373 g/mol. The van der Waals surface area contributed by atoms with Crippen LogP contribution in [0.5, 0.6) is 0 Å². The number of fused-ring (bicyclic) bond motifs is 3. The predicted molar refractivity (Wildman–Crippen MR) is 105 cm³/mol. The lowest BCUT2D eigenvalue weighted by molar-refractivity contribution is -0.133. The summed E-state index contributed by atoms with van der Waals surface area (Å²) in [6.07, 6.45) is 10.5. The van der Waals surface area contributed by atoms with Crippen molar-refractivity contribution in [2.24, 2.45) is 5.92 Å². The molecule has 6 heteroatoms. The third kappa shape index (κ3) is 3.20. The van der Waals surface area contributed by atoms with Gasteiger partial charge in [-0.15, -0.1) is 11.3 Å². The van der Waals surface area contributed by atoms with Crippen molar-refractivity contribution in [3.8, 4) is 0 Å². The molecule has 5 nitrogen and oxygen atoms in total. The fraction of sp³-hybridized carbons (Fsp3) is 0.650. The minimum atomic E-state index is -0.0487. The first-order valence-corrected chi connectivity index (χ1v) is 10.6. The van der Waals surface area contributed by atoms with Crippen molar-refractivity contribution in [3.63, 3.8) is 0 Å². The average molecular weight is 374 g/mol. The molecule has 0 N–H and O–H groups in total. The third-order valence-corrected chi connectivity index (χ3v) is 7.27. The number of amides is 1. The van der Waals surface area contributed by atoms with Gasteiger partial charge in [-0.05, 0) is 43.6 Å². The summed E-state index contributed by atoms with van der Waals surface area (Å²) in [7, 11) is 1.88. The van der Waals surface area contributed by atoms with Crippen LogP contribution in [0.1, 0.15) is 55.9 Å². The number of carbonyl (C=O) groups is 1. The van der Waals surface area contributed by atoms with Gasteiger partial charge in [-0.25, -0.2) is 4.98 Å². The topological polar surface area (TPSA) is 55.2 Å². The van der Waals surface area contributed by atoms with Gasteiger partial charge >= 0.3 is 0 Å². The number of hydrogen-bond donors (Lipinski definition) is 0. The number of thiophene rings is 1. The van der Waals surface area contributed by atoms with Crippen LogP contribution in [0.3, 0.4) is 0 Å². The maximum absolute atomic E-state index is 13.0. The third-order valence-electron chi connectivity index (χ3n) is 6.10. The smallest absolute Gasteiger partial charge is 0.262 e. The Kier molecular flexibility index (Phi) is 4.86. The molecule has 2 aliphatic rings. The number of carbonyl (C=O) groups excluding carboxylic acids is 1. The zero-order valence-corrected chi connectivity index (χ0v) is 16.5. The number of nitrogens with zero attached hydrogens (tertiary/aromatic N) is 3. The van der Waals surface area contributed by atoms with E-state index in [0.717, 1.165) is 42.3 Å². The van der Waals surface area contributed by atoms with E-state index in [9.17, 15) is 9.59 Å². The summed E-state index contributed by atoms with van der Waals surface area (Å²) in [5, 5.41) is 0.757. The van der Waals surface area contributed by atoms with Gasteiger partial charge < -0.3 is 4.90 Å². The zero-order chi connectivity index (χ0) is 18.3. The number of likely N-dealkylation sites (N-methyl/N-ethyl adjacent to an activating group) is 1. The first-order chi connectivity index (χ1) is 12.5. The van der Waals surface area contributed by atoms with Crippen molar-refractivity contribution in [3.05, 3.63) is 27.1 Å². The van der Waals surface area contributed by atoms with Crippen molar-refractivity contribution in [1.29, 1.82) is 0 Å². The molecule has 1 saturated carbocycles. The molecule has 2 aliphatic carbocycles. The van der Waals surface area contributed by atoms with E-state index < -0.39 is 0 Å². The second-order valence-corrected chi connectivity index (χ2v) is 9.09. The molecule has 1 unspecified atom stereocenters. The Hall–Kier alpha value is -1.69. The van der Waals surface area contributed by atoms with Crippen molar-refractivity contribution in [1.82, 2.24) is 14.5 Å². The Morgan fingerprint density at radius 2 is 2.08 bits per heavy atom. The van der Waals surface area contributed by atoms with Gasteiger partial charge in [0.1, 0.15) is 11.4 Å². The molecule has 0 radical (unpaired) electrons. The molecule has 0 spiro atoms. The molecule has 26 heavy (non-hydrogen) atoms. The summed E-state index contributed by atoms with van der Waals surface area (Å²) < 4.78 is 1.51. The van der Waals surface area contributed by atoms with Crippen LogP contribution in [0.15, 0.2) is 11.1 Å². The highest BCUT2D eigenvalue weighted by molar-refractivity contribution is 7.18. The first-order valence-electron chi connectivity index (χ1n) is 9.80. The maximum atomic E-state index is 13.0. The molecule has 0 bridgehead atoms. The summed E-state index contributed by atoms with van der Waals surface area (Å²) >= 11 is 1.65. The normalized spacial score (nSPS) is 20.9. The van der Waals surface area contributed by atoms with E-state index in [-0.39, 0.29) is 18.0 Å². The number of hydrogen-bond acceptors (Lipinski definition) is 4. The largest absolute Gasteiger partial charge is 0.341 e. The van der Waals surface area contributed by atoms with E-state index in [2.05, 4.69) is 11.9 Å². The highest BCUT2D eigenvalue weighted by Crippen LogP contribution is 2.35. The van der Waals surface area contributed by atoms with E-state index in [0.29, 0.717) is 12.0 Å². The molecule has 1 amide bonds. The zero-order valence-electron chi connectivity index (χ0n) is 15.7. The summed E-state index contributed by atoms with van der Waals surface area (Å²) in [4.78, 5) is 34.2. The van der Waals surface area contributed by atoms with Crippen LogP contribution in [0.25, 0.3) is 10.2 Å². The Bertz CT molecular complexity index is 879. The molecule has 2 aromatic rings. The molecular formula is C20H27N3O2S. The van der Waals surface area contributed by atoms with E-state index in [1.54, 1.807) is 17.7 Å². The standard InChI is InChI=1S/C20H27N3O2S/c1-13-8-9-15-16(10-13)26-19-18(15)20(25)23(12-21-19)11-17(24)22(2)14-6-4-3-5-7-14/h12-14H,3-11H2,1-2H3. The second kappa shape index (κ2) is 7.14. The van der Waals surface area contributed by atoms with Crippen LogP contribution in [-0.4, -0.2) is 33.4 Å². The van der Waals surface area contributed by atoms with Crippen LogP contribution in [0.4, 0.5) is 0 Å². The second-order valence-electron chi connectivity index (χ2n) is 8.01. The fourth-order valence-electron chi connectivity index (χ4n) is 4.41. The van der Waals surface area contributed by atoms with E-state index in [1.165, 1.54) is 34.3 Å². The molecule has 2 heterocycles. The average Bonchev–Trinajstić information content (AvgIpc) is 3.02. The van der Waals surface area contributed by atoms with Crippen molar-refractivity contribution >= 4 is 27.5 Å². The van der Waals surface area contributed by atoms with Crippen LogP contribution in [0, 0.1) is 5.92 Å². The van der Waals surface area contributed by atoms with Gasteiger partial charge in [0.2, 0.25) is 5.91 Å². The summed E-state index contributed by atoms with van der Waals surface area (Å²) in [6.45, 7) is 2.36. The van der Waals surface area contributed by atoms with Crippen LogP contribution >= 0.6 is 11.3 Å². The summed E-state index contributed by atoms with van der Waals surface area (Å²) in [6, 6.07) is 0.319. The van der Waals surface area contributed by atoms with Crippen molar-refractivity contribution < 1.29 is 4.79 Å². The van der Waals surface area contributed by atoms with Crippen molar-refractivity contribution in [2.45, 2.75) is 70.9 Å². The first kappa shape index (κ1) is 17.7. The maximum Gasteiger partial charge on any atom is 0.262 e. The predicted octanol–water partition coefficient (Wildman–Crippen LogP) is 3.37. The summed E-state index contributed by atoms with van der Waals surface area (Å²) in [5.41, 5.74) is 1.13. The van der Waals surface area contributed by atoms with E-state index >= 15 is 0 Å². The SMILES string of the molecule is CC1CCc2c(sc3ncn(CC(=O)N(C)C4CCCCC4)c(=O)c23)C1. The number of aromatic nitrogens is 2. The molecule has 2 aromatic heterocycles. The van der Waals surface area contributed by atoms with E-state index in [1.807, 2.05) is 11.9 Å². The lowest BCUT2D eigenvalue weighted by atomic mass is 9.89. The highest BCUT2D eigenvalue weighted by atomic mass is 32.1. The number of aryl methyl sites for hydroxylation is 1. The molecule has 1 atom stereocenters. The number of rotatable bonds is 3. The molecule has 4 rings (SSSR count). The lowest BCUT2D eigenvalue weighted by Crippen LogP contribution is -2.41. The Morgan fingerprint density at radius 1 is 1.31 bits per heavy atom. The molecule has 1 fully saturated rings. The van der Waals surface area contributed by atoms with E-state index in [4.69, 9.17) is 0 Å². The molecule has 0 aliphatic heterocycles.